The van der Waals surface area contributed by atoms with Gasteiger partial charge < -0.3 is 11.1 Å². The first-order chi connectivity index (χ1) is 12.0. The molecular formula is C18H14FN3O2S. The number of halogens is 1. The van der Waals surface area contributed by atoms with E-state index in [0.29, 0.717) is 0 Å². The summed E-state index contributed by atoms with van der Waals surface area (Å²) in [6.45, 7) is 0. The number of nitrogens with zero attached hydrogens (tertiary/aromatic N) is 1. The molecule has 0 bridgehead atoms. The lowest BCUT2D eigenvalue weighted by molar-refractivity contribution is 0.0936. The van der Waals surface area contributed by atoms with Gasteiger partial charge in [0.1, 0.15) is 11.5 Å². The van der Waals surface area contributed by atoms with E-state index < -0.39 is 17.9 Å². The Kier molecular flexibility index (Phi) is 4.85. The second-order valence-corrected chi connectivity index (χ2v) is 6.25. The van der Waals surface area contributed by atoms with Crippen molar-refractivity contribution in [2.24, 2.45) is 5.73 Å². The first kappa shape index (κ1) is 16.8. The van der Waals surface area contributed by atoms with Crippen LogP contribution in [0, 0.1) is 5.82 Å². The lowest BCUT2D eigenvalue weighted by Gasteiger charge is -2.18. The summed E-state index contributed by atoms with van der Waals surface area (Å²) in [5, 5.41) is 4.79. The monoisotopic (exact) mass is 355 g/mol. The highest BCUT2D eigenvalue weighted by molar-refractivity contribution is 7.10. The number of aromatic nitrogens is 1. The van der Waals surface area contributed by atoms with E-state index in [0.717, 1.165) is 10.4 Å². The molecule has 0 spiro atoms. The van der Waals surface area contributed by atoms with E-state index in [2.05, 4.69) is 10.3 Å². The van der Waals surface area contributed by atoms with Crippen LogP contribution >= 0.6 is 11.3 Å². The van der Waals surface area contributed by atoms with Crippen LogP contribution in [0.25, 0.3) is 0 Å². The second kappa shape index (κ2) is 7.23. The summed E-state index contributed by atoms with van der Waals surface area (Å²) < 4.78 is 13.2. The molecule has 0 fully saturated rings. The number of primary amides is 1. The highest BCUT2D eigenvalue weighted by Crippen LogP contribution is 2.26. The van der Waals surface area contributed by atoms with Crippen molar-refractivity contribution in [2.45, 2.75) is 6.04 Å². The molecule has 25 heavy (non-hydrogen) atoms. The minimum Gasteiger partial charge on any atom is -0.366 e. The zero-order valence-corrected chi connectivity index (χ0v) is 13.8. The number of carbonyl (C=O) groups is 2. The Hall–Kier alpha value is -3.06. The lowest BCUT2D eigenvalue weighted by Crippen LogP contribution is -2.29. The smallest absolute Gasteiger partial charge is 0.270 e. The zero-order valence-electron chi connectivity index (χ0n) is 13.0. The predicted octanol–water partition coefficient (Wildman–Crippen LogP) is 2.90. The number of carbonyl (C=O) groups excluding carboxylic acids is 2. The number of hydrogen-bond acceptors (Lipinski definition) is 4. The van der Waals surface area contributed by atoms with Gasteiger partial charge in [-0.2, -0.15) is 0 Å². The van der Waals surface area contributed by atoms with Gasteiger partial charge in [-0.15, -0.1) is 11.3 Å². The first-order valence-electron chi connectivity index (χ1n) is 7.40. The molecule has 0 radical (unpaired) electrons. The third-order valence-electron chi connectivity index (χ3n) is 3.59. The number of hydrogen-bond donors (Lipinski definition) is 2. The Balaban J connectivity index is 1.86. The molecular weight excluding hydrogens is 341 g/mol. The van der Waals surface area contributed by atoms with Crippen LogP contribution < -0.4 is 11.1 Å². The number of thiophene rings is 1. The Labute approximate surface area is 147 Å². The van der Waals surface area contributed by atoms with Crippen molar-refractivity contribution in [2.75, 3.05) is 0 Å². The number of rotatable bonds is 5. The van der Waals surface area contributed by atoms with E-state index >= 15 is 0 Å². The van der Waals surface area contributed by atoms with Gasteiger partial charge in [0.05, 0.1) is 11.6 Å². The molecule has 1 aromatic carbocycles. The first-order valence-corrected chi connectivity index (χ1v) is 8.28. The van der Waals surface area contributed by atoms with Crippen molar-refractivity contribution in [1.82, 2.24) is 10.3 Å². The summed E-state index contributed by atoms with van der Waals surface area (Å²) in [5.41, 5.74) is 6.31. The second-order valence-electron chi connectivity index (χ2n) is 5.27. The topological polar surface area (TPSA) is 85.1 Å². The molecule has 0 aliphatic carbocycles. The van der Waals surface area contributed by atoms with Gasteiger partial charge in [-0.3, -0.25) is 14.6 Å². The molecule has 1 atom stereocenters. The van der Waals surface area contributed by atoms with Crippen LogP contribution in [-0.2, 0) is 0 Å². The molecule has 2 amide bonds. The van der Waals surface area contributed by atoms with E-state index in [1.807, 2.05) is 17.5 Å². The number of amides is 2. The summed E-state index contributed by atoms with van der Waals surface area (Å²) in [6, 6.07) is 12.2. The number of pyridine rings is 1. The Bertz CT molecular complexity index is 878. The molecule has 2 aromatic heterocycles. The number of nitrogens with one attached hydrogen (secondary N) is 1. The highest BCUT2D eigenvalue weighted by Gasteiger charge is 2.19. The van der Waals surface area contributed by atoms with Gasteiger partial charge in [0.15, 0.2) is 0 Å². The molecule has 7 heteroatoms. The summed E-state index contributed by atoms with van der Waals surface area (Å²) in [4.78, 5) is 28.5. The lowest BCUT2D eigenvalue weighted by atomic mass is 10.0. The van der Waals surface area contributed by atoms with Crippen LogP contribution in [0.5, 0.6) is 0 Å². The molecule has 2 heterocycles. The largest absolute Gasteiger partial charge is 0.366 e. The maximum Gasteiger partial charge on any atom is 0.270 e. The van der Waals surface area contributed by atoms with E-state index in [1.54, 1.807) is 12.1 Å². The van der Waals surface area contributed by atoms with Crippen molar-refractivity contribution >= 4 is 23.2 Å². The number of benzene rings is 1. The molecule has 0 saturated carbocycles. The normalized spacial score (nSPS) is 11.7. The molecule has 1 unspecified atom stereocenters. The van der Waals surface area contributed by atoms with E-state index in [-0.39, 0.29) is 17.1 Å². The third kappa shape index (κ3) is 3.89. The fourth-order valence-electron chi connectivity index (χ4n) is 2.31. The number of nitrogens with two attached hydrogens (primary N) is 1. The fourth-order valence-corrected chi connectivity index (χ4v) is 3.11. The maximum atomic E-state index is 13.2. The van der Waals surface area contributed by atoms with Gasteiger partial charge in [0, 0.05) is 11.1 Å². The maximum absolute atomic E-state index is 13.2. The molecule has 3 rings (SSSR count). The van der Waals surface area contributed by atoms with E-state index in [4.69, 9.17) is 5.73 Å². The van der Waals surface area contributed by atoms with Gasteiger partial charge in [0.25, 0.3) is 5.91 Å². The van der Waals surface area contributed by atoms with Crippen molar-refractivity contribution < 1.29 is 14.0 Å². The van der Waals surface area contributed by atoms with Crippen molar-refractivity contribution in [1.29, 1.82) is 0 Å². The molecule has 126 valence electrons. The van der Waals surface area contributed by atoms with Crippen LogP contribution in [0.4, 0.5) is 4.39 Å². The van der Waals surface area contributed by atoms with Gasteiger partial charge >= 0.3 is 0 Å². The highest BCUT2D eigenvalue weighted by atomic mass is 32.1. The molecule has 0 saturated heterocycles. The summed E-state index contributed by atoms with van der Waals surface area (Å²) in [6.07, 6.45) is 1.26. The van der Waals surface area contributed by atoms with Crippen LogP contribution in [0.3, 0.4) is 0 Å². The van der Waals surface area contributed by atoms with Crippen molar-refractivity contribution in [3.05, 3.63) is 87.6 Å². The average molecular weight is 355 g/mol. The molecule has 3 aromatic rings. The van der Waals surface area contributed by atoms with Crippen LogP contribution in [0.2, 0.25) is 0 Å². The van der Waals surface area contributed by atoms with Gasteiger partial charge in [0.2, 0.25) is 5.91 Å². The van der Waals surface area contributed by atoms with Gasteiger partial charge in [-0.05, 0) is 41.3 Å². The van der Waals surface area contributed by atoms with Gasteiger partial charge in [-0.1, -0.05) is 18.2 Å². The zero-order chi connectivity index (χ0) is 17.8. The summed E-state index contributed by atoms with van der Waals surface area (Å²) in [7, 11) is 0. The van der Waals surface area contributed by atoms with Crippen molar-refractivity contribution in [3.63, 3.8) is 0 Å². The van der Waals surface area contributed by atoms with Crippen LogP contribution in [0.15, 0.2) is 60.1 Å². The Morgan fingerprint density at radius 1 is 1.12 bits per heavy atom. The molecule has 0 aliphatic heterocycles. The van der Waals surface area contributed by atoms with E-state index in [9.17, 15) is 14.0 Å². The minimum atomic E-state index is -0.609. The summed E-state index contributed by atoms with van der Waals surface area (Å²) >= 11 is 1.48. The average Bonchev–Trinajstić information content (AvgIpc) is 3.15. The third-order valence-corrected chi connectivity index (χ3v) is 4.52. The molecule has 3 N–H and O–H groups in total. The Morgan fingerprint density at radius 3 is 2.44 bits per heavy atom. The standard InChI is InChI=1S/C18H14FN3O2S/c19-13-6-3-11(4-7-13)16(15-2-1-9-25-15)22-18(24)14-8-5-12(10-21-14)17(20)23/h1-10,16H,(H2,20,23)(H,22,24). The van der Waals surface area contributed by atoms with E-state index in [1.165, 1.54) is 41.8 Å². The molecule has 0 aliphatic rings. The predicted molar refractivity (Wildman–Crippen MR) is 92.8 cm³/mol. The SMILES string of the molecule is NC(=O)c1ccc(C(=O)NC(c2ccc(F)cc2)c2cccs2)nc1. The Morgan fingerprint density at radius 2 is 1.88 bits per heavy atom. The van der Waals surface area contributed by atoms with Crippen LogP contribution in [-0.4, -0.2) is 16.8 Å². The quantitative estimate of drug-likeness (QED) is 0.738. The fraction of sp³-hybridized carbons (Fsp3) is 0.0556. The van der Waals surface area contributed by atoms with Crippen LogP contribution in [0.1, 0.15) is 37.3 Å². The van der Waals surface area contributed by atoms with Crippen molar-refractivity contribution in [3.8, 4) is 0 Å². The minimum absolute atomic E-state index is 0.161. The van der Waals surface area contributed by atoms with Gasteiger partial charge in [-0.25, -0.2) is 4.39 Å². The molecule has 5 nitrogen and oxygen atoms in total. The summed E-state index contributed by atoms with van der Waals surface area (Å²) in [5.74, 6) is -1.36.